The Morgan fingerprint density at radius 2 is 1.73 bits per heavy atom. The molecule has 186 valence electrons. The minimum atomic E-state index is 0.0109. The summed E-state index contributed by atoms with van der Waals surface area (Å²) < 4.78 is 8.04. The molecule has 0 fully saturated rings. The van der Waals surface area contributed by atoms with Crippen LogP contribution in [0.25, 0.3) is 54.4 Å². The number of rotatable bonds is 4. The summed E-state index contributed by atoms with van der Waals surface area (Å²) in [5.74, 6) is 1.58. The number of aromatic nitrogens is 1. The largest absolute Gasteiger partial charge is 0.453 e. The zero-order valence-electron chi connectivity index (χ0n) is 22.5. The van der Waals surface area contributed by atoms with Crippen LogP contribution in [0.15, 0.2) is 76.7 Å². The van der Waals surface area contributed by atoms with Gasteiger partial charge in [-0.2, -0.15) is 0 Å². The van der Waals surface area contributed by atoms with Crippen LogP contribution in [0.2, 0.25) is 0 Å². The highest BCUT2D eigenvalue weighted by molar-refractivity contribution is 7.17. The average Bonchev–Trinajstić information content (AvgIpc) is 3.42. The first-order chi connectivity index (χ1) is 17.7. The van der Waals surface area contributed by atoms with Crippen molar-refractivity contribution in [2.24, 2.45) is 5.92 Å². The van der Waals surface area contributed by atoms with Gasteiger partial charge in [0.15, 0.2) is 5.58 Å². The molecule has 2 nitrogen and oxygen atoms in total. The van der Waals surface area contributed by atoms with Gasteiger partial charge in [-0.1, -0.05) is 65.0 Å². The molecule has 0 aliphatic rings. The molecule has 0 saturated heterocycles. The van der Waals surface area contributed by atoms with Gasteiger partial charge in [0.2, 0.25) is 0 Å². The summed E-state index contributed by atoms with van der Waals surface area (Å²) >= 11 is 1.79. The summed E-state index contributed by atoms with van der Waals surface area (Å²) in [6.07, 6.45) is 3.00. The zero-order chi connectivity index (χ0) is 25.9. The second kappa shape index (κ2) is 8.85. The molecule has 6 rings (SSSR count). The van der Waals surface area contributed by atoms with Crippen LogP contribution in [-0.2, 0) is 11.8 Å². The van der Waals surface area contributed by atoms with Crippen molar-refractivity contribution in [3.63, 3.8) is 0 Å². The Kier molecular flexibility index (Phi) is 5.72. The predicted molar refractivity (Wildman–Crippen MR) is 160 cm³/mol. The Bertz CT molecular complexity index is 1780. The van der Waals surface area contributed by atoms with Gasteiger partial charge in [0.25, 0.3) is 0 Å². The number of hydrogen-bond donors (Lipinski definition) is 0. The standard InChI is InChI=1S/C34H33NOS/c1-20(2)15-22-11-12-30-27(16-22)28(19-37-30)32-21(3)25-13-14-35-31(33(25)36-32)24-17-23-9-7-8-10-26(23)29(18-24)34(4,5)6/h7-14,16-20H,15H2,1-6H3. The van der Waals surface area contributed by atoms with Gasteiger partial charge in [0, 0.05) is 43.7 Å². The number of furan rings is 1. The van der Waals surface area contributed by atoms with Crippen molar-refractivity contribution in [2.45, 2.75) is 53.4 Å². The molecule has 3 heterocycles. The lowest BCUT2D eigenvalue weighted by atomic mass is 9.82. The topological polar surface area (TPSA) is 26.0 Å². The van der Waals surface area contributed by atoms with E-state index in [1.807, 2.05) is 6.20 Å². The van der Waals surface area contributed by atoms with Crippen LogP contribution in [0.4, 0.5) is 0 Å². The van der Waals surface area contributed by atoms with Gasteiger partial charge in [-0.15, -0.1) is 11.3 Å². The molecule has 0 bridgehead atoms. The second-order valence-electron chi connectivity index (χ2n) is 11.7. The van der Waals surface area contributed by atoms with Crippen molar-refractivity contribution in [1.82, 2.24) is 4.98 Å². The van der Waals surface area contributed by atoms with Crippen molar-refractivity contribution in [2.75, 3.05) is 0 Å². The fourth-order valence-electron chi connectivity index (χ4n) is 5.53. The molecule has 0 N–H and O–H groups in total. The lowest BCUT2D eigenvalue weighted by Crippen LogP contribution is -2.12. The van der Waals surface area contributed by atoms with E-state index in [9.17, 15) is 0 Å². The summed E-state index contributed by atoms with van der Waals surface area (Å²) in [7, 11) is 0. The quantitative estimate of drug-likeness (QED) is 0.239. The van der Waals surface area contributed by atoms with Crippen molar-refractivity contribution in [3.05, 3.63) is 88.9 Å². The van der Waals surface area contributed by atoms with E-state index in [0.717, 1.165) is 34.4 Å². The Morgan fingerprint density at radius 3 is 2.51 bits per heavy atom. The van der Waals surface area contributed by atoms with Crippen molar-refractivity contribution in [3.8, 4) is 22.6 Å². The first-order valence-electron chi connectivity index (χ1n) is 13.1. The Labute approximate surface area is 223 Å². The molecule has 0 radical (unpaired) electrons. The normalized spacial score (nSPS) is 12.4. The second-order valence-corrected chi connectivity index (χ2v) is 12.6. The lowest BCUT2D eigenvalue weighted by Gasteiger charge is -2.22. The van der Waals surface area contributed by atoms with Crippen LogP contribution in [0.5, 0.6) is 0 Å². The summed E-state index contributed by atoms with van der Waals surface area (Å²) in [5, 5.41) is 7.18. The molecular weight excluding hydrogens is 470 g/mol. The number of aryl methyl sites for hydroxylation is 1. The highest BCUT2D eigenvalue weighted by atomic mass is 32.1. The third kappa shape index (κ3) is 4.16. The van der Waals surface area contributed by atoms with E-state index in [4.69, 9.17) is 9.40 Å². The van der Waals surface area contributed by atoms with Gasteiger partial charge in [0.05, 0.1) is 0 Å². The molecule has 3 aromatic heterocycles. The van der Waals surface area contributed by atoms with Crippen molar-refractivity contribution >= 4 is 43.2 Å². The maximum atomic E-state index is 6.74. The highest BCUT2D eigenvalue weighted by Crippen LogP contribution is 2.43. The summed E-state index contributed by atoms with van der Waals surface area (Å²) in [4.78, 5) is 4.86. The molecule has 0 saturated carbocycles. The van der Waals surface area contributed by atoms with E-state index < -0.39 is 0 Å². The minimum absolute atomic E-state index is 0.0109. The molecule has 37 heavy (non-hydrogen) atoms. The molecule has 0 amide bonds. The predicted octanol–water partition coefficient (Wildman–Crippen LogP) is 10.3. The third-order valence-corrected chi connectivity index (χ3v) is 8.29. The molecule has 0 unspecified atom stereocenters. The van der Waals surface area contributed by atoms with Gasteiger partial charge >= 0.3 is 0 Å². The van der Waals surface area contributed by atoms with E-state index in [-0.39, 0.29) is 5.41 Å². The Morgan fingerprint density at radius 1 is 0.919 bits per heavy atom. The number of thiophene rings is 1. The maximum absolute atomic E-state index is 6.74. The van der Waals surface area contributed by atoms with Crippen LogP contribution < -0.4 is 0 Å². The van der Waals surface area contributed by atoms with Gasteiger partial charge in [0.1, 0.15) is 11.5 Å². The fraction of sp³-hybridized carbons (Fsp3) is 0.265. The third-order valence-electron chi connectivity index (χ3n) is 7.32. The Balaban J connectivity index is 1.56. The molecule has 3 heteroatoms. The van der Waals surface area contributed by atoms with Crippen molar-refractivity contribution in [1.29, 1.82) is 0 Å². The lowest BCUT2D eigenvalue weighted by molar-refractivity contribution is 0.596. The molecular formula is C34H33NOS. The van der Waals surface area contributed by atoms with Gasteiger partial charge < -0.3 is 4.42 Å². The number of pyridine rings is 1. The van der Waals surface area contributed by atoms with Crippen LogP contribution in [0, 0.1) is 12.8 Å². The molecule has 0 aliphatic heterocycles. The fourth-order valence-corrected chi connectivity index (χ4v) is 6.45. The summed E-state index contributed by atoms with van der Waals surface area (Å²) in [6.45, 7) is 13.5. The number of benzene rings is 3. The van der Waals surface area contributed by atoms with Gasteiger partial charge in [-0.3, -0.25) is 4.98 Å². The molecule has 0 spiro atoms. The van der Waals surface area contributed by atoms with E-state index in [0.29, 0.717) is 5.92 Å². The number of nitrogens with zero attached hydrogens (tertiary/aromatic N) is 1. The first kappa shape index (κ1) is 23.9. The average molecular weight is 504 g/mol. The van der Waals surface area contributed by atoms with E-state index >= 15 is 0 Å². The molecule has 6 aromatic rings. The first-order valence-corrected chi connectivity index (χ1v) is 14.0. The number of fused-ring (bicyclic) bond motifs is 3. The van der Waals surface area contributed by atoms with E-state index in [1.54, 1.807) is 11.3 Å². The number of hydrogen-bond acceptors (Lipinski definition) is 3. The monoisotopic (exact) mass is 503 g/mol. The Hall–Kier alpha value is -3.43. The summed E-state index contributed by atoms with van der Waals surface area (Å²) in [5.41, 5.74) is 7.93. The molecule has 0 atom stereocenters. The van der Waals surface area contributed by atoms with Crippen LogP contribution in [-0.4, -0.2) is 4.98 Å². The maximum Gasteiger partial charge on any atom is 0.161 e. The zero-order valence-corrected chi connectivity index (χ0v) is 23.3. The van der Waals surface area contributed by atoms with Gasteiger partial charge in [-0.05, 0) is 76.9 Å². The van der Waals surface area contributed by atoms with Crippen molar-refractivity contribution < 1.29 is 4.42 Å². The SMILES string of the molecule is Cc1c(-c2csc3ccc(CC(C)C)cc23)oc2c(-c3cc(C(C)(C)C)c4ccccc4c3)nccc12. The van der Waals surface area contributed by atoms with E-state index in [1.165, 1.54) is 43.1 Å². The van der Waals surface area contributed by atoms with Crippen LogP contribution >= 0.6 is 11.3 Å². The van der Waals surface area contributed by atoms with Crippen LogP contribution in [0.3, 0.4) is 0 Å². The minimum Gasteiger partial charge on any atom is -0.453 e. The van der Waals surface area contributed by atoms with Gasteiger partial charge in [-0.25, -0.2) is 0 Å². The summed E-state index contributed by atoms with van der Waals surface area (Å²) in [6, 6.07) is 22.2. The molecule has 0 aliphatic carbocycles. The highest BCUT2D eigenvalue weighted by Gasteiger charge is 2.22. The van der Waals surface area contributed by atoms with Crippen LogP contribution in [0.1, 0.15) is 51.3 Å². The van der Waals surface area contributed by atoms with E-state index in [2.05, 4.69) is 108 Å². The molecule has 3 aromatic carbocycles. The smallest absolute Gasteiger partial charge is 0.161 e.